The lowest BCUT2D eigenvalue weighted by atomic mass is 10.2. The minimum Gasteiger partial charge on any atom is -0.449 e. The summed E-state index contributed by atoms with van der Waals surface area (Å²) in [5.41, 5.74) is 2.17. The lowest BCUT2D eigenvalue weighted by molar-refractivity contribution is -0.123. The third-order valence-electron chi connectivity index (χ3n) is 4.67. The molecule has 2 aromatic heterocycles. The van der Waals surface area contributed by atoms with Crippen LogP contribution in [0.1, 0.15) is 23.0 Å². The van der Waals surface area contributed by atoms with Gasteiger partial charge in [0.2, 0.25) is 5.95 Å². The Hall–Kier alpha value is -4.32. The lowest BCUT2D eigenvalue weighted by Gasteiger charge is -2.14. The number of anilines is 2. The standard InChI is InChI=1S/C22H19N5O6S/c1-13-9-10-23-22(25-13)27-34(30,31)17-6-4-16(5-7-17)26-20(28)14(2)33-21(29)15-3-8-19-18(11-15)24-12-32-19/h3-12,14H,1-2H3,(H,26,28)(H,23,25,27). The summed E-state index contributed by atoms with van der Waals surface area (Å²) in [5, 5.41) is 2.58. The number of hydrogen-bond acceptors (Lipinski definition) is 9. The first kappa shape index (κ1) is 22.9. The van der Waals surface area contributed by atoms with Crippen molar-refractivity contribution in [2.45, 2.75) is 24.8 Å². The van der Waals surface area contributed by atoms with Gasteiger partial charge in [-0.3, -0.25) is 4.79 Å². The summed E-state index contributed by atoms with van der Waals surface area (Å²) in [6, 6.07) is 11.7. The average molecular weight is 481 g/mol. The second kappa shape index (κ2) is 9.27. The van der Waals surface area contributed by atoms with E-state index in [1.807, 2.05) is 0 Å². The van der Waals surface area contributed by atoms with Crippen molar-refractivity contribution in [1.82, 2.24) is 15.0 Å². The Labute approximate surface area is 194 Å². The van der Waals surface area contributed by atoms with E-state index in [0.717, 1.165) is 0 Å². The second-order valence-corrected chi connectivity index (χ2v) is 8.91. The van der Waals surface area contributed by atoms with Crippen LogP contribution >= 0.6 is 0 Å². The van der Waals surface area contributed by atoms with Gasteiger partial charge in [-0.25, -0.2) is 32.9 Å². The molecule has 174 valence electrons. The molecule has 0 saturated heterocycles. The predicted molar refractivity (Wildman–Crippen MR) is 122 cm³/mol. The summed E-state index contributed by atoms with van der Waals surface area (Å²) in [7, 11) is -3.92. The van der Waals surface area contributed by atoms with Gasteiger partial charge in [0.1, 0.15) is 5.52 Å². The summed E-state index contributed by atoms with van der Waals surface area (Å²) in [5.74, 6) is -1.33. The fourth-order valence-corrected chi connectivity index (χ4v) is 3.86. The van der Waals surface area contributed by atoms with Crippen molar-refractivity contribution in [3.63, 3.8) is 0 Å². The Balaban J connectivity index is 1.37. The van der Waals surface area contributed by atoms with E-state index in [1.165, 1.54) is 55.9 Å². The molecule has 0 fully saturated rings. The number of nitrogens with one attached hydrogen (secondary N) is 2. The molecular formula is C22H19N5O6S. The molecule has 0 aliphatic rings. The SMILES string of the molecule is Cc1ccnc(NS(=O)(=O)c2ccc(NC(=O)C(C)OC(=O)c3ccc4ocnc4c3)cc2)n1. The first-order valence-electron chi connectivity index (χ1n) is 9.99. The maximum atomic E-state index is 12.5. The van der Waals surface area contributed by atoms with Crippen molar-refractivity contribution >= 4 is 44.6 Å². The third-order valence-corrected chi connectivity index (χ3v) is 6.02. The first-order valence-corrected chi connectivity index (χ1v) is 11.5. The summed E-state index contributed by atoms with van der Waals surface area (Å²) >= 11 is 0. The minimum atomic E-state index is -3.92. The van der Waals surface area contributed by atoms with E-state index in [1.54, 1.807) is 19.1 Å². The molecule has 2 heterocycles. The van der Waals surface area contributed by atoms with Gasteiger partial charge in [0.15, 0.2) is 18.1 Å². The molecular weight excluding hydrogens is 462 g/mol. The molecule has 4 rings (SSSR count). The van der Waals surface area contributed by atoms with Gasteiger partial charge in [-0.15, -0.1) is 0 Å². The van der Waals surface area contributed by atoms with Gasteiger partial charge in [0, 0.05) is 17.6 Å². The highest BCUT2D eigenvalue weighted by atomic mass is 32.2. The van der Waals surface area contributed by atoms with Gasteiger partial charge in [0.05, 0.1) is 10.5 Å². The molecule has 0 saturated carbocycles. The van der Waals surface area contributed by atoms with Gasteiger partial charge >= 0.3 is 5.97 Å². The zero-order valence-electron chi connectivity index (χ0n) is 18.1. The molecule has 0 spiro atoms. The molecule has 12 heteroatoms. The van der Waals surface area contributed by atoms with Gasteiger partial charge in [-0.2, -0.15) is 0 Å². The van der Waals surface area contributed by atoms with Crippen LogP contribution in [0.2, 0.25) is 0 Å². The van der Waals surface area contributed by atoms with Gasteiger partial charge in [0.25, 0.3) is 15.9 Å². The van der Waals surface area contributed by atoms with E-state index in [4.69, 9.17) is 9.15 Å². The summed E-state index contributed by atoms with van der Waals surface area (Å²) in [4.78, 5) is 36.6. The van der Waals surface area contributed by atoms with Crippen LogP contribution in [-0.4, -0.2) is 41.4 Å². The summed E-state index contributed by atoms with van der Waals surface area (Å²) in [6.07, 6.45) is 1.60. The molecule has 1 amide bonds. The van der Waals surface area contributed by atoms with Gasteiger partial charge < -0.3 is 14.5 Å². The third kappa shape index (κ3) is 5.18. The molecule has 1 atom stereocenters. The van der Waals surface area contributed by atoms with Crippen molar-refractivity contribution in [3.05, 3.63) is 72.4 Å². The highest BCUT2D eigenvalue weighted by molar-refractivity contribution is 7.92. The zero-order valence-corrected chi connectivity index (χ0v) is 18.9. The highest BCUT2D eigenvalue weighted by Gasteiger charge is 2.21. The lowest BCUT2D eigenvalue weighted by Crippen LogP contribution is -2.30. The van der Waals surface area contributed by atoms with E-state index in [0.29, 0.717) is 22.5 Å². The van der Waals surface area contributed by atoms with Crippen LogP contribution < -0.4 is 10.0 Å². The average Bonchev–Trinajstić information content (AvgIpc) is 3.27. The number of sulfonamides is 1. The molecule has 34 heavy (non-hydrogen) atoms. The highest BCUT2D eigenvalue weighted by Crippen LogP contribution is 2.18. The number of amides is 1. The Morgan fingerprint density at radius 2 is 1.82 bits per heavy atom. The van der Waals surface area contributed by atoms with Crippen molar-refractivity contribution in [1.29, 1.82) is 0 Å². The Morgan fingerprint density at radius 1 is 1.06 bits per heavy atom. The summed E-state index contributed by atoms with van der Waals surface area (Å²) < 4.78 is 37.7. The fourth-order valence-electron chi connectivity index (χ4n) is 2.91. The van der Waals surface area contributed by atoms with E-state index < -0.39 is 28.0 Å². The molecule has 0 aliphatic carbocycles. The number of fused-ring (bicyclic) bond motifs is 1. The normalized spacial score (nSPS) is 12.2. The van der Waals surface area contributed by atoms with Crippen LogP contribution in [0, 0.1) is 6.92 Å². The number of oxazole rings is 1. The molecule has 4 aromatic rings. The Morgan fingerprint density at radius 3 is 2.56 bits per heavy atom. The summed E-state index contributed by atoms with van der Waals surface area (Å²) in [6.45, 7) is 3.14. The topological polar surface area (TPSA) is 153 Å². The quantitative estimate of drug-likeness (QED) is 0.379. The van der Waals surface area contributed by atoms with Gasteiger partial charge in [-0.05, 0) is 62.4 Å². The molecule has 11 nitrogen and oxygen atoms in total. The largest absolute Gasteiger partial charge is 0.449 e. The zero-order chi connectivity index (χ0) is 24.3. The van der Waals surface area contributed by atoms with Crippen LogP contribution in [0.4, 0.5) is 11.6 Å². The molecule has 1 unspecified atom stereocenters. The van der Waals surface area contributed by atoms with Crippen molar-refractivity contribution in [2.24, 2.45) is 0 Å². The number of aryl methyl sites for hydroxylation is 1. The first-order chi connectivity index (χ1) is 16.2. The Bertz CT molecular complexity index is 1470. The minimum absolute atomic E-state index is 0.0432. The number of carbonyl (C=O) groups excluding carboxylic acids is 2. The van der Waals surface area contributed by atoms with Crippen molar-refractivity contribution in [2.75, 3.05) is 10.0 Å². The number of hydrogen-bond donors (Lipinski definition) is 2. The Kier molecular flexibility index (Phi) is 6.23. The van der Waals surface area contributed by atoms with Crippen LogP contribution in [-0.2, 0) is 19.6 Å². The predicted octanol–water partition coefficient (Wildman–Crippen LogP) is 2.91. The van der Waals surface area contributed by atoms with E-state index >= 15 is 0 Å². The number of benzene rings is 2. The molecule has 0 bridgehead atoms. The number of rotatable bonds is 7. The smallest absolute Gasteiger partial charge is 0.338 e. The van der Waals surface area contributed by atoms with Crippen molar-refractivity contribution in [3.8, 4) is 0 Å². The van der Waals surface area contributed by atoms with Crippen LogP contribution in [0.5, 0.6) is 0 Å². The monoisotopic (exact) mass is 481 g/mol. The van der Waals surface area contributed by atoms with Crippen LogP contribution in [0.3, 0.4) is 0 Å². The van der Waals surface area contributed by atoms with E-state index in [2.05, 4.69) is 25.0 Å². The number of ether oxygens (including phenoxy) is 1. The maximum Gasteiger partial charge on any atom is 0.338 e. The van der Waals surface area contributed by atoms with E-state index in [9.17, 15) is 18.0 Å². The van der Waals surface area contributed by atoms with Crippen LogP contribution in [0.25, 0.3) is 11.1 Å². The van der Waals surface area contributed by atoms with E-state index in [-0.39, 0.29) is 16.4 Å². The number of carbonyl (C=O) groups is 2. The number of aromatic nitrogens is 3. The fraction of sp³-hybridized carbons (Fsp3) is 0.136. The number of nitrogens with zero attached hydrogens (tertiary/aromatic N) is 3. The number of esters is 1. The molecule has 0 aliphatic heterocycles. The molecule has 2 aromatic carbocycles. The molecule has 2 N–H and O–H groups in total. The van der Waals surface area contributed by atoms with Gasteiger partial charge in [-0.1, -0.05) is 0 Å². The van der Waals surface area contributed by atoms with Crippen LogP contribution in [0.15, 0.2) is 70.4 Å². The maximum absolute atomic E-state index is 12.5. The van der Waals surface area contributed by atoms with Crippen molar-refractivity contribution < 1.29 is 27.2 Å². The second-order valence-electron chi connectivity index (χ2n) is 7.22. The molecule has 0 radical (unpaired) electrons.